The van der Waals surface area contributed by atoms with Crippen molar-refractivity contribution >= 4 is 31.1 Å². The smallest absolute Gasteiger partial charge is 0.335 e. The van der Waals surface area contributed by atoms with Crippen LogP contribution < -0.4 is 0 Å². The van der Waals surface area contributed by atoms with Gasteiger partial charge in [0.15, 0.2) is 0 Å². The van der Waals surface area contributed by atoms with Gasteiger partial charge in [0.25, 0.3) is 0 Å². The zero-order chi connectivity index (χ0) is 29.2. The first kappa shape index (κ1) is 37.1. The minimum absolute atomic E-state index is 0.331. The topological polar surface area (TPSA) is 93.1 Å². The fourth-order valence-corrected chi connectivity index (χ4v) is 12.1. The zero-order valence-corrected chi connectivity index (χ0v) is 27.6. The minimum atomic E-state index is -2.68. The molecule has 0 aliphatic heterocycles. The summed E-state index contributed by atoms with van der Waals surface area (Å²) in [6, 6.07) is 16.6. The Kier molecular flexibility index (Phi) is 23.9. The molecule has 2 aromatic carbocycles. The maximum absolute atomic E-state index is 10.2. The van der Waals surface area contributed by atoms with E-state index in [4.69, 9.17) is 16.4 Å². The van der Waals surface area contributed by atoms with Crippen molar-refractivity contribution in [2.75, 3.05) is 14.2 Å². The van der Waals surface area contributed by atoms with Crippen LogP contribution in [0.15, 0.2) is 60.7 Å². The molecule has 7 heteroatoms. The van der Waals surface area contributed by atoms with Crippen molar-refractivity contribution in [1.29, 1.82) is 0 Å². The second-order valence-corrected chi connectivity index (χ2v) is 20.1. The maximum Gasteiger partial charge on any atom is 0.335 e. The van der Waals surface area contributed by atoms with E-state index in [0.29, 0.717) is 11.1 Å². The molecule has 0 amide bonds. The van der Waals surface area contributed by atoms with Crippen LogP contribution in [-0.4, -0.2) is 55.6 Å². The molecule has 0 unspecified atom stereocenters. The first-order chi connectivity index (χ1) is 18.9. The molecular formula is C32H52O6Sn. The van der Waals surface area contributed by atoms with Gasteiger partial charge in [-0.3, -0.25) is 0 Å². The van der Waals surface area contributed by atoms with Gasteiger partial charge in [-0.2, -0.15) is 0 Å². The number of benzene rings is 2. The van der Waals surface area contributed by atoms with Gasteiger partial charge in [0.1, 0.15) is 0 Å². The van der Waals surface area contributed by atoms with Crippen molar-refractivity contribution in [2.45, 2.75) is 99.8 Å². The SMILES string of the molecule is CCCCCCC[CH2][Sn]([CH2]CCCCCCC)([O]C)[O]C.O=C(O)c1ccccc1.O=C(O)c1ccccc1. The summed E-state index contributed by atoms with van der Waals surface area (Å²) in [5, 5.41) is 16.8. The Morgan fingerprint density at radius 1 is 0.564 bits per heavy atom. The number of rotatable bonds is 18. The Morgan fingerprint density at radius 3 is 1.13 bits per heavy atom. The number of carboxylic acids is 2. The molecule has 0 radical (unpaired) electrons. The van der Waals surface area contributed by atoms with Crippen molar-refractivity contribution in [3.8, 4) is 0 Å². The van der Waals surface area contributed by atoms with E-state index in [9.17, 15) is 9.59 Å². The van der Waals surface area contributed by atoms with E-state index in [2.05, 4.69) is 13.8 Å². The standard InChI is InChI=1S/2C8H17.2C7H6O2.2CH3O.Sn/c2*1-3-5-7-8-6-4-2;2*8-7(9)6-4-2-1-3-5-6;2*1-2;/h2*1,3-8H2,2H3;2*1-5H,(H,8,9);2*1H3;/q;;;;2*-1;+2. The molecule has 6 nitrogen and oxygen atoms in total. The number of hydrogen-bond donors (Lipinski definition) is 2. The van der Waals surface area contributed by atoms with Crippen LogP contribution in [0.25, 0.3) is 0 Å². The second kappa shape index (κ2) is 25.1. The van der Waals surface area contributed by atoms with E-state index >= 15 is 0 Å². The molecule has 0 saturated carbocycles. The van der Waals surface area contributed by atoms with Crippen LogP contribution in [0.5, 0.6) is 0 Å². The van der Waals surface area contributed by atoms with E-state index in [1.165, 1.54) is 85.9 Å². The van der Waals surface area contributed by atoms with Crippen molar-refractivity contribution in [3.63, 3.8) is 0 Å². The monoisotopic (exact) mass is 652 g/mol. The molecule has 0 bridgehead atoms. The molecule has 0 fully saturated rings. The Morgan fingerprint density at radius 2 is 0.872 bits per heavy atom. The molecule has 220 valence electrons. The van der Waals surface area contributed by atoms with Crippen LogP contribution in [0.1, 0.15) is 112 Å². The van der Waals surface area contributed by atoms with Crippen LogP contribution in [0, 0.1) is 0 Å². The largest absolute Gasteiger partial charge is 0.478 e. The van der Waals surface area contributed by atoms with E-state index in [1.54, 1.807) is 60.7 Å². The molecule has 2 N–H and O–H groups in total. The molecule has 2 rings (SSSR count). The van der Waals surface area contributed by atoms with Gasteiger partial charge in [-0.25, -0.2) is 9.59 Å². The van der Waals surface area contributed by atoms with Crippen LogP contribution in [0.4, 0.5) is 0 Å². The average molecular weight is 651 g/mol. The van der Waals surface area contributed by atoms with Gasteiger partial charge in [-0.05, 0) is 24.3 Å². The molecule has 0 aliphatic carbocycles. The molecule has 0 aliphatic rings. The third-order valence-electron chi connectivity index (χ3n) is 6.61. The van der Waals surface area contributed by atoms with Gasteiger partial charge in [0.05, 0.1) is 11.1 Å². The van der Waals surface area contributed by atoms with Crippen molar-refractivity contribution in [1.82, 2.24) is 0 Å². The van der Waals surface area contributed by atoms with Gasteiger partial charge in [-0.15, -0.1) is 0 Å². The third kappa shape index (κ3) is 19.8. The molecule has 0 spiro atoms. The number of carboxylic acid groups (broad SMARTS) is 2. The maximum atomic E-state index is 10.2. The quantitative estimate of drug-likeness (QED) is 0.123. The van der Waals surface area contributed by atoms with Gasteiger partial charge < -0.3 is 10.2 Å². The van der Waals surface area contributed by atoms with E-state index in [-0.39, 0.29) is 0 Å². The van der Waals surface area contributed by atoms with E-state index in [1.807, 2.05) is 14.2 Å². The van der Waals surface area contributed by atoms with Gasteiger partial charge in [-0.1, -0.05) is 36.4 Å². The molecule has 0 saturated heterocycles. The summed E-state index contributed by atoms with van der Waals surface area (Å²) >= 11 is -2.68. The van der Waals surface area contributed by atoms with Crippen molar-refractivity contribution < 1.29 is 26.0 Å². The fourth-order valence-electron chi connectivity index (χ4n) is 4.13. The third-order valence-corrected chi connectivity index (χ3v) is 17.2. The van der Waals surface area contributed by atoms with Crippen LogP contribution >= 0.6 is 0 Å². The number of unbranched alkanes of at least 4 members (excludes halogenated alkanes) is 10. The molecule has 39 heavy (non-hydrogen) atoms. The first-order valence-corrected chi connectivity index (χ1v) is 20.9. The molecular weight excluding hydrogens is 599 g/mol. The normalized spacial score (nSPS) is 10.6. The Bertz CT molecular complexity index is 773. The van der Waals surface area contributed by atoms with Gasteiger partial charge >= 0.3 is 151 Å². The predicted molar refractivity (Wildman–Crippen MR) is 163 cm³/mol. The van der Waals surface area contributed by atoms with Crippen LogP contribution in [-0.2, 0) is 6.15 Å². The van der Waals surface area contributed by atoms with Crippen molar-refractivity contribution in [3.05, 3.63) is 71.8 Å². The Hall–Kier alpha value is -1.90. The number of carbonyl (C=O) groups is 2. The van der Waals surface area contributed by atoms with Gasteiger partial charge in [0, 0.05) is 0 Å². The average Bonchev–Trinajstić information content (AvgIpc) is 2.97. The first-order valence-electron chi connectivity index (χ1n) is 14.5. The fraction of sp³-hybridized carbons (Fsp3) is 0.562. The Labute approximate surface area is 242 Å². The summed E-state index contributed by atoms with van der Waals surface area (Å²) in [5.74, 6) is -1.76. The molecule has 2 aromatic rings. The number of aromatic carboxylic acids is 2. The molecule has 0 aromatic heterocycles. The Balaban J connectivity index is 0.000000650. The predicted octanol–water partition coefficient (Wildman–Crippen LogP) is 9.21. The summed E-state index contributed by atoms with van der Waals surface area (Å²) in [4.78, 5) is 20.4. The summed E-state index contributed by atoms with van der Waals surface area (Å²) in [6.07, 6.45) is 16.4. The zero-order valence-electron chi connectivity index (χ0n) is 24.7. The van der Waals surface area contributed by atoms with Crippen LogP contribution in [0.2, 0.25) is 8.87 Å². The van der Waals surface area contributed by atoms with E-state index < -0.39 is 31.1 Å². The summed E-state index contributed by atoms with van der Waals surface area (Å²) in [7, 11) is 3.79. The second-order valence-electron chi connectivity index (χ2n) is 9.70. The summed E-state index contributed by atoms with van der Waals surface area (Å²) in [6.45, 7) is 4.55. The van der Waals surface area contributed by atoms with Gasteiger partial charge in [0.2, 0.25) is 0 Å². The van der Waals surface area contributed by atoms with Crippen LogP contribution in [0.3, 0.4) is 0 Å². The van der Waals surface area contributed by atoms with Crippen molar-refractivity contribution in [2.24, 2.45) is 0 Å². The molecule has 0 atom stereocenters. The molecule has 0 heterocycles. The minimum Gasteiger partial charge on any atom is -0.478 e. The van der Waals surface area contributed by atoms with E-state index in [0.717, 1.165) is 0 Å². The number of hydrogen-bond acceptors (Lipinski definition) is 4. The summed E-state index contributed by atoms with van der Waals surface area (Å²) < 4.78 is 14.4. The summed E-state index contributed by atoms with van der Waals surface area (Å²) in [5.41, 5.74) is 0.662.